The molecule has 1 aromatic carbocycles. The molecule has 1 N–H and O–H groups in total. The van der Waals surface area contributed by atoms with Gasteiger partial charge in [0.2, 0.25) is 0 Å². The predicted molar refractivity (Wildman–Crippen MR) is 53.4 cm³/mol. The van der Waals surface area contributed by atoms with Crippen molar-refractivity contribution in [1.82, 2.24) is 0 Å². The molecule has 0 radical (unpaired) electrons. The van der Waals surface area contributed by atoms with Crippen molar-refractivity contribution in [3.8, 4) is 5.75 Å². The molecule has 0 amide bonds. The fourth-order valence-corrected chi connectivity index (χ4v) is 1.54. The van der Waals surface area contributed by atoms with Gasteiger partial charge in [-0.25, -0.2) is 4.39 Å². The van der Waals surface area contributed by atoms with Gasteiger partial charge in [0.05, 0.1) is 12.1 Å². The highest BCUT2D eigenvalue weighted by molar-refractivity contribution is 6.32. The Hall–Kier alpha value is -0.800. The normalized spacial score (nSPS) is 10.3. The van der Waals surface area contributed by atoms with Crippen LogP contribution in [0.5, 0.6) is 5.75 Å². The summed E-state index contributed by atoms with van der Waals surface area (Å²) in [5, 5.41) is 8.88. The molecule has 0 bridgehead atoms. The first-order valence-electron chi connectivity index (χ1n) is 4.31. The summed E-state index contributed by atoms with van der Waals surface area (Å²) in [6.45, 7) is 0.0886. The van der Waals surface area contributed by atoms with Crippen molar-refractivity contribution < 1.29 is 14.2 Å². The third-order valence-corrected chi connectivity index (χ3v) is 2.17. The topological polar surface area (TPSA) is 29.5 Å². The van der Waals surface area contributed by atoms with Gasteiger partial charge < -0.3 is 9.84 Å². The highest BCUT2D eigenvalue weighted by Gasteiger charge is 2.09. The van der Waals surface area contributed by atoms with Crippen molar-refractivity contribution in [2.24, 2.45) is 0 Å². The fraction of sp³-hybridized carbons (Fsp3) is 0.400. The first-order valence-corrected chi connectivity index (χ1v) is 4.69. The molecule has 4 heteroatoms. The van der Waals surface area contributed by atoms with E-state index in [4.69, 9.17) is 21.4 Å². The minimum atomic E-state index is -0.465. The van der Waals surface area contributed by atoms with Crippen LogP contribution in [0.15, 0.2) is 12.1 Å². The number of ether oxygens (including phenoxy) is 1. The molecule has 1 aromatic rings. The molecule has 0 aromatic heterocycles. The van der Waals surface area contributed by atoms with Crippen LogP contribution in [0.2, 0.25) is 5.02 Å². The van der Waals surface area contributed by atoms with Gasteiger partial charge in [-0.2, -0.15) is 0 Å². The Morgan fingerprint density at radius 2 is 2.21 bits per heavy atom. The van der Waals surface area contributed by atoms with E-state index < -0.39 is 5.82 Å². The molecular weight excluding hydrogens is 207 g/mol. The average Bonchev–Trinajstić information content (AvgIpc) is 2.14. The van der Waals surface area contributed by atoms with Gasteiger partial charge in [0.1, 0.15) is 0 Å². The second-order valence-corrected chi connectivity index (χ2v) is 3.33. The number of aliphatic hydroxyl groups is 1. The summed E-state index contributed by atoms with van der Waals surface area (Å²) in [6.07, 6.45) is 1.21. The Kier molecular flexibility index (Phi) is 4.17. The Labute approximate surface area is 87.3 Å². The van der Waals surface area contributed by atoms with E-state index >= 15 is 0 Å². The van der Waals surface area contributed by atoms with E-state index in [0.717, 1.165) is 5.56 Å². The Balaban J connectivity index is 2.90. The average molecular weight is 219 g/mol. The van der Waals surface area contributed by atoms with Crippen LogP contribution in [-0.2, 0) is 6.42 Å². The molecule has 14 heavy (non-hydrogen) atoms. The number of benzene rings is 1. The number of hydrogen-bond donors (Lipinski definition) is 1. The zero-order chi connectivity index (χ0) is 10.6. The van der Waals surface area contributed by atoms with E-state index in [-0.39, 0.29) is 17.4 Å². The summed E-state index contributed by atoms with van der Waals surface area (Å²) < 4.78 is 18.0. The van der Waals surface area contributed by atoms with Crippen LogP contribution < -0.4 is 4.74 Å². The van der Waals surface area contributed by atoms with E-state index in [1.165, 1.54) is 13.2 Å². The van der Waals surface area contributed by atoms with E-state index in [1.807, 2.05) is 0 Å². The molecule has 0 spiro atoms. The molecular formula is C10H12ClFO2. The third kappa shape index (κ3) is 2.59. The minimum absolute atomic E-state index is 0.0689. The fourth-order valence-electron chi connectivity index (χ4n) is 1.23. The number of halogens is 2. The molecule has 0 aliphatic rings. The summed E-state index contributed by atoms with van der Waals surface area (Å²) in [6, 6.07) is 3.03. The first kappa shape index (κ1) is 11.3. The second-order valence-electron chi connectivity index (χ2n) is 2.92. The van der Waals surface area contributed by atoms with Gasteiger partial charge in [0.15, 0.2) is 11.6 Å². The van der Waals surface area contributed by atoms with Gasteiger partial charge in [0, 0.05) is 6.61 Å². The highest BCUT2D eigenvalue weighted by Crippen LogP contribution is 2.29. The molecule has 0 aliphatic heterocycles. The van der Waals surface area contributed by atoms with Gasteiger partial charge in [-0.3, -0.25) is 0 Å². The van der Waals surface area contributed by atoms with Gasteiger partial charge in [0.25, 0.3) is 0 Å². The molecule has 0 aliphatic carbocycles. The first-order chi connectivity index (χ1) is 6.69. The molecule has 0 unspecified atom stereocenters. The molecule has 0 fully saturated rings. The van der Waals surface area contributed by atoms with Gasteiger partial charge in [-0.15, -0.1) is 0 Å². The molecule has 0 atom stereocenters. The Bertz CT molecular complexity index is 292. The molecule has 0 saturated heterocycles. The van der Waals surface area contributed by atoms with Crippen LogP contribution in [0.3, 0.4) is 0 Å². The number of hydrogen-bond acceptors (Lipinski definition) is 2. The highest BCUT2D eigenvalue weighted by atomic mass is 35.5. The number of rotatable bonds is 4. The summed E-state index contributed by atoms with van der Waals surface area (Å²) in [5.74, 6) is -0.396. The van der Waals surface area contributed by atoms with Crippen molar-refractivity contribution >= 4 is 11.6 Å². The van der Waals surface area contributed by atoms with Crippen molar-refractivity contribution in [3.63, 3.8) is 0 Å². The molecule has 78 valence electrons. The number of methoxy groups -OCH3 is 1. The van der Waals surface area contributed by atoms with E-state index in [2.05, 4.69) is 0 Å². The second kappa shape index (κ2) is 5.17. The van der Waals surface area contributed by atoms with Crippen molar-refractivity contribution in [3.05, 3.63) is 28.5 Å². The maximum atomic E-state index is 13.3. The van der Waals surface area contributed by atoms with Crippen LogP contribution in [0.25, 0.3) is 0 Å². The zero-order valence-corrected chi connectivity index (χ0v) is 8.64. The van der Waals surface area contributed by atoms with Crippen LogP contribution in [0, 0.1) is 5.82 Å². The third-order valence-electron chi connectivity index (χ3n) is 1.89. The smallest absolute Gasteiger partial charge is 0.173 e. The molecule has 1 rings (SSSR count). The SMILES string of the molecule is COc1c(F)cc(CCCO)cc1Cl. The largest absolute Gasteiger partial charge is 0.492 e. The minimum Gasteiger partial charge on any atom is -0.492 e. The standard InChI is InChI=1S/C10H12ClFO2/c1-14-10-8(11)5-7(3-2-4-13)6-9(10)12/h5-6,13H,2-4H2,1H3. The van der Waals surface area contributed by atoms with Gasteiger partial charge in [-0.1, -0.05) is 11.6 Å². The molecule has 0 heterocycles. The van der Waals surface area contributed by atoms with Crippen molar-refractivity contribution in [2.45, 2.75) is 12.8 Å². The Morgan fingerprint density at radius 3 is 2.71 bits per heavy atom. The maximum absolute atomic E-state index is 13.3. The number of aliphatic hydroxyl groups excluding tert-OH is 1. The summed E-state index contributed by atoms with van der Waals surface area (Å²) in [4.78, 5) is 0. The van der Waals surface area contributed by atoms with Gasteiger partial charge >= 0.3 is 0 Å². The van der Waals surface area contributed by atoms with E-state index in [0.29, 0.717) is 12.8 Å². The lowest BCUT2D eigenvalue weighted by molar-refractivity contribution is 0.288. The molecule has 2 nitrogen and oxygen atoms in total. The van der Waals surface area contributed by atoms with Gasteiger partial charge in [-0.05, 0) is 30.5 Å². The Morgan fingerprint density at radius 1 is 1.50 bits per heavy atom. The quantitative estimate of drug-likeness (QED) is 0.841. The van der Waals surface area contributed by atoms with Crippen molar-refractivity contribution in [2.75, 3.05) is 13.7 Å². The van der Waals surface area contributed by atoms with Crippen LogP contribution >= 0.6 is 11.6 Å². The lowest BCUT2D eigenvalue weighted by Gasteiger charge is -2.07. The van der Waals surface area contributed by atoms with Crippen LogP contribution in [-0.4, -0.2) is 18.8 Å². The summed E-state index contributed by atoms with van der Waals surface area (Å²) >= 11 is 5.79. The predicted octanol–water partition coefficient (Wildman–Crippen LogP) is 2.41. The molecule has 0 saturated carbocycles. The monoisotopic (exact) mass is 218 g/mol. The van der Waals surface area contributed by atoms with Crippen LogP contribution in [0.1, 0.15) is 12.0 Å². The summed E-state index contributed by atoms with van der Waals surface area (Å²) in [5.41, 5.74) is 0.766. The summed E-state index contributed by atoms with van der Waals surface area (Å²) in [7, 11) is 1.37. The van der Waals surface area contributed by atoms with Crippen molar-refractivity contribution in [1.29, 1.82) is 0 Å². The van der Waals surface area contributed by atoms with E-state index in [9.17, 15) is 4.39 Å². The van der Waals surface area contributed by atoms with E-state index in [1.54, 1.807) is 6.07 Å². The maximum Gasteiger partial charge on any atom is 0.173 e. The lowest BCUT2D eigenvalue weighted by Crippen LogP contribution is -1.94. The lowest BCUT2D eigenvalue weighted by atomic mass is 10.1. The van der Waals surface area contributed by atoms with Crippen LogP contribution in [0.4, 0.5) is 4.39 Å². The number of aryl methyl sites for hydroxylation is 1. The zero-order valence-electron chi connectivity index (χ0n) is 7.89.